The number of thioether (sulfide) groups is 1. The first-order valence-electron chi connectivity index (χ1n) is 7.57. The Labute approximate surface area is 149 Å². The Morgan fingerprint density at radius 2 is 1.80 bits per heavy atom. The molecule has 128 valence electrons. The maximum absolute atomic E-state index is 12.7. The van der Waals surface area contributed by atoms with Gasteiger partial charge in [0.2, 0.25) is 11.1 Å². The minimum Gasteiger partial charge on any atom is -0.508 e. The van der Waals surface area contributed by atoms with Gasteiger partial charge in [0.1, 0.15) is 11.0 Å². The molecule has 3 rings (SSSR count). The predicted octanol–water partition coefficient (Wildman–Crippen LogP) is 2.29. The second-order valence-corrected chi connectivity index (χ2v) is 6.60. The monoisotopic (exact) mass is 355 g/mol. The van der Waals surface area contributed by atoms with Crippen LogP contribution in [-0.2, 0) is 4.79 Å². The van der Waals surface area contributed by atoms with Crippen molar-refractivity contribution in [1.82, 2.24) is 25.1 Å². The Bertz CT molecular complexity index is 849. The van der Waals surface area contributed by atoms with Gasteiger partial charge in [0.05, 0.1) is 5.69 Å². The van der Waals surface area contributed by atoms with Gasteiger partial charge in [-0.25, -0.2) is 0 Å². The van der Waals surface area contributed by atoms with Gasteiger partial charge in [-0.2, -0.15) is 4.68 Å². The van der Waals surface area contributed by atoms with Crippen LogP contribution in [0.4, 0.5) is 0 Å². The Morgan fingerprint density at radius 3 is 2.44 bits per heavy atom. The minimum absolute atomic E-state index is 0.0449. The molecule has 1 heterocycles. The smallest absolute Gasteiger partial charge is 0.240 e. The second kappa shape index (κ2) is 7.35. The predicted molar refractivity (Wildman–Crippen MR) is 94.6 cm³/mol. The van der Waals surface area contributed by atoms with Crippen molar-refractivity contribution in [1.29, 1.82) is 0 Å². The molecule has 7 nitrogen and oxygen atoms in total. The summed E-state index contributed by atoms with van der Waals surface area (Å²) in [7, 11) is 3.45. The third kappa shape index (κ3) is 3.80. The highest BCUT2D eigenvalue weighted by molar-refractivity contribution is 8.00. The van der Waals surface area contributed by atoms with Crippen LogP contribution in [0.1, 0.15) is 10.8 Å². The number of aromatic nitrogens is 4. The SMILES string of the molecule is CN(C)C(=O)[C@H](Sc1nnnn1-c1ccc(O)cc1)c1ccccc1. The summed E-state index contributed by atoms with van der Waals surface area (Å²) in [6, 6.07) is 16.1. The molecule has 0 aliphatic rings. The van der Waals surface area contributed by atoms with E-state index in [0.717, 1.165) is 5.56 Å². The van der Waals surface area contributed by atoms with Gasteiger partial charge in [-0.15, -0.1) is 5.10 Å². The van der Waals surface area contributed by atoms with E-state index in [1.165, 1.54) is 11.8 Å². The van der Waals surface area contributed by atoms with Gasteiger partial charge < -0.3 is 10.0 Å². The Kier molecular flexibility index (Phi) is 4.99. The molecule has 0 saturated carbocycles. The highest BCUT2D eigenvalue weighted by Gasteiger charge is 2.26. The van der Waals surface area contributed by atoms with Gasteiger partial charge in [-0.05, 0) is 40.3 Å². The molecule has 0 spiro atoms. The molecule has 0 bridgehead atoms. The molecule has 1 aromatic heterocycles. The number of carbonyl (C=O) groups excluding carboxylic acids is 1. The maximum Gasteiger partial charge on any atom is 0.240 e. The quantitative estimate of drug-likeness (QED) is 0.707. The molecule has 0 aliphatic heterocycles. The fourth-order valence-electron chi connectivity index (χ4n) is 2.24. The number of tetrazole rings is 1. The normalized spacial score (nSPS) is 11.9. The molecular weight excluding hydrogens is 338 g/mol. The zero-order valence-electron chi connectivity index (χ0n) is 13.8. The first-order chi connectivity index (χ1) is 12.1. The summed E-state index contributed by atoms with van der Waals surface area (Å²) in [4.78, 5) is 14.2. The molecule has 0 radical (unpaired) electrons. The topological polar surface area (TPSA) is 84.1 Å². The van der Waals surface area contributed by atoms with Crippen LogP contribution in [0.15, 0.2) is 59.8 Å². The first-order valence-corrected chi connectivity index (χ1v) is 8.45. The molecule has 1 amide bonds. The van der Waals surface area contributed by atoms with Crippen LogP contribution in [0.25, 0.3) is 5.69 Å². The summed E-state index contributed by atoms with van der Waals surface area (Å²) in [5.41, 5.74) is 1.58. The Balaban J connectivity index is 1.95. The summed E-state index contributed by atoms with van der Waals surface area (Å²) >= 11 is 1.28. The van der Waals surface area contributed by atoms with Gasteiger partial charge in [-0.1, -0.05) is 42.1 Å². The molecule has 0 saturated heterocycles. The zero-order valence-corrected chi connectivity index (χ0v) is 14.6. The first kappa shape index (κ1) is 17.0. The lowest BCUT2D eigenvalue weighted by Crippen LogP contribution is -2.27. The number of phenolic OH excluding ortho intramolecular Hbond substituents is 1. The molecule has 0 fully saturated rings. The summed E-state index contributed by atoms with van der Waals surface area (Å²) in [6.07, 6.45) is 0. The molecule has 25 heavy (non-hydrogen) atoms. The number of carbonyl (C=O) groups is 1. The third-order valence-electron chi connectivity index (χ3n) is 3.53. The molecule has 0 unspecified atom stereocenters. The van der Waals surface area contributed by atoms with E-state index in [1.807, 2.05) is 30.3 Å². The lowest BCUT2D eigenvalue weighted by molar-refractivity contribution is -0.128. The minimum atomic E-state index is -0.460. The fraction of sp³-hybridized carbons (Fsp3) is 0.176. The summed E-state index contributed by atoms with van der Waals surface area (Å²) in [5.74, 6) is 0.118. The van der Waals surface area contributed by atoms with Crippen LogP contribution in [-0.4, -0.2) is 50.2 Å². The largest absolute Gasteiger partial charge is 0.508 e. The fourth-order valence-corrected chi connectivity index (χ4v) is 3.38. The molecular formula is C17H17N5O2S. The van der Waals surface area contributed by atoms with E-state index < -0.39 is 5.25 Å². The molecule has 3 aromatic rings. The highest BCUT2D eigenvalue weighted by atomic mass is 32.2. The Morgan fingerprint density at radius 1 is 1.12 bits per heavy atom. The van der Waals surface area contributed by atoms with Crippen LogP contribution in [0.2, 0.25) is 0 Å². The molecule has 1 N–H and O–H groups in total. The number of benzene rings is 2. The van der Waals surface area contributed by atoms with E-state index in [2.05, 4.69) is 15.5 Å². The van der Waals surface area contributed by atoms with E-state index >= 15 is 0 Å². The van der Waals surface area contributed by atoms with Crippen molar-refractivity contribution in [3.05, 3.63) is 60.2 Å². The van der Waals surface area contributed by atoms with Crippen LogP contribution in [0, 0.1) is 0 Å². The van der Waals surface area contributed by atoms with E-state index in [4.69, 9.17) is 0 Å². The van der Waals surface area contributed by atoms with Crippen LogP contribution >= 0.6 is 11.8 Å². The van der Waals surface area contributed by atoms with E-state index in [9.17, 15) is 9.90 Å². The van der Waals surface area contributed by atoms with Crippen LogP contribution in [0.5, 0.6) is 5.75 Å². The number of rotatable bonds is 5. The van der Waals surface area contributed by atoms with Gasteiger partial charge in [0, 0.05) is 14.1 Å². The van der Waals surface area contributed by atoms with Gasteiger partial charge in [0.15, 0.2) is 0 Å². The van der Waals surface area contributed by atoms with Gasteiger partial charge in [-0.3, -0.25) is 4.79 Å². The third-order valence-corrected chi connectivity index (χ3v) is 4.70. The average molecular weight is 355 g/mol. The molecule has 0 aliphatic carbocycles. The lowest BCUT2D eigenvalue weighted by atomic mass is 10.1. The zero-order chi connectivity index (χ0) is 17.8. The number of nitrogens with zero attached hydrogens (tertiary/aromatic N) is 5. The van der Waals surface area contributed by atoms with Crippen molar-refractivity contribution in [3.8, 4) is 11.4 Å². The van der Waals surface area contributed by atoms with Crippen molar-refractivity contribution in [2.75, 3.05) is 14.1 Å². The molecule has 1 atom stereocenters. The summed E-state index contributed by atoms with van der Waals surface area (Å²) in [5, 5.41) is 21.2. The van der Waals surface area contributed by atoms with Crippen molar-refractivity contribution >= 4 is 17.7 Å². The number of hydrogen-bond donors (Lipinski definition) is 1. The number of aromatic hydroxyl groups is 1. The van der Waals surface area contributed by atoms with Crippen molar-refractivity contribution in [3.63, 3.8) is 0 Å². The summed E-state index contributed by atoms with van der Waals surface area (Å²) < 4.78 is 1.54. The Hall–Kier alpha value is -2.87. The van der Waals surface area contributed by atoms with E-state index in [0.29, 0.717) is 10.8 Å². The summed E-state index contributed by atoms with van der Waals surface area (Å²) in [6.45, 7) is 0. The average Bonchev–Trinajstić information content (AvgIpc) is 3.08. The highest BCUT2D eigenvalue weighted by Crippen LogP contribution is 2.35. The number of hydrogen-bond acceptors (Lipinski definition) is 6. The standard InChI is InChI=1S/C17H17N5O2S/c1-21(2)16(24)15(12-6-4-3-5-7-12)25-17-18-19-20-22(17)13-8-10-14(23)11-9-13/h3-11,15,23H,1-2H3/t15-/m1/s1. The van der Waals surface area contributed by atoms with Gasteiger partial charge >= 0.3 is 0 Å². The van der Waals surface area contributed by atoms with Crippen LogP contribution < -0.4 is 0 Å². The van der Waals surface area contributed by atoms with Gasteiger partial charge in [0.25, 0.3) is 0 Å². The molecule has 2 aromatic carbocycles. The van der Waals surface area contributed by atoms with E-state index in [-0.39, 0.29) is 11.7 Å². The second-order valence-electron chi connectivity index (χ2n) is 5.53. The molecule has 8 heteroatoms. The maximum atomic E-state index is 12.7. The van der Waals surface area contributed by atoms with Crippen molar-refractivity contribution in [2.45, 2.75) is 10.4 Å². The number of phenols is 1. The van der Waals surface area contributed by atoms with E-state index in [1.54, 1.807) is 47.9 Å². The number of likely N-dealkylation sites (N-methyl/N-ethyl adjacent to an activating group) is 1. The van der Waals surface area contributed by atoms with Crippen molar-refractivity contribution < 1.29 is 9.90 Å². The lowest BCUT2D eigenvalue weighted by Gasteiger charge is -2.20. The number of amides is 1. The van der Waals surface area contributed by atoms with Crippen molar-refractivity contribution in [2.24, 2.45) is 0 Å². The van der Waals surface area contributed by atoms with Crippen LogP contribution in [0.3, 0.4) is 0 Å².